The lowest BCUT2D eigenvalue weighted by molar-refractivity contribution is -0.117. The first-order chi connectivity index (χ1) is 16.4. The van der Waals surface area contributed by atoms with Gasteiger partial charge in [0.25, 0.3) is 5.91 Å². The Labute approximate surface area is 194 Å². The van der Waals surface area contributed by atoms with Crippen LogP contribution in [0.3, 0.4) is 0 Å². The smallest absolute Gasteiger partial charge is 0.322 e. The van der Waals surface area contributed by atoms with Gasteiger partial charge in [-0.2, -0.15) is 0 Å². The molecule has 0 saturated carbocycles. The lowest BCUT2D eigenvalue weighted by atomic mass is 10.0. The van der Waals surface area contributed by atoms with Gasteiger partial charge in [-0.3, -0.25) is 9.59 Å². The number of rotatable bonds is 6. The van der Waals surface area contributed by atoms with Crippen molar-refractivity contribution in [1.29, 1.82) is 0 Å². The van der Waals surface area contributed by atoms with Gasteiger partial charge in [-0.05, 0) is 43.2 Å². The molecule has 3 N–H and O–H groups in total. The van der Waals surface area contributed by atoms with E-state index < -0.39 is 11.7 Å². The third-order valence-electron chi connectivity index (χ3n) is 5.28. The number of aromatic nitrogens is 4. The number of nitrogens with one attached hydrogen (secondary N) is 1. The summed E-state index contributed by atoms with van der Waals surface area (Å²) < 4.78 is 20.3. The molecule has 4 rings (SSSR count). The van der Waals surface area contributed by atoms with Crippen LogP contribution in [0.1, 0.15) is 22.6 Å². The zero-order valence-electron chi connectivity index (χ0n) is 18.4. The number of nitrogens with two attached hydrogens (primary N) is 1. The summed E-state index contributed by atoms with van der Waals surface area (Å²) in [6, 6.07) is 5.64. The number of amides is 2. The predicted octanol–water partition coefficient (Wildman–Crippen LogP) is 2.27. The Kier molecular flexibility index (Phi) is 6.44. The quantitative estimate of drug-likeness (QED) is 0.532. The maximum atomic E-state index is 14.9. The summed E-state index contributed by atoms with van der Waals surface area (Å²) in [5, 5.41) is 2.78. The Morgan fingerprint density at radius 3 is 2.85 bits per heavy atom. The van der Waals surface area contributed by atoms with E-state index in [-0.39, 0.29) is 40.8 Å². The topological polar surface area (TPSA) is 136 Å². The SMILES string of the molecule is C=CC(=O)NC1CCN(C(=O)c2ncnc(N)c2-c2ccc(Oc3nccc(C)n3)c(F)c2)C1. The van der Waals surface area contributed by atoms with Gasteiger partial charge in [0.05, 0.1) is 5.56 Å². The molecule has 0 aliphatic carbocycles. The Morgan fingerprint density at radius 1 is 1.29 bits per heavy atom. The fraction of sp³-hybridized carbons (Fsp3) is 0.217. The first-order valence-electron chi connectivity index (χ1n) is 10.5. The van der Waals surface area contributed by atoms with E-state index in [1.165, 1.54) is 30.7 Å². The molecule has 2 aromatic heterocycles. The van der Waals surface area contributed by atoms with Gasteiger partial charge in [0.2, 0.25) is 5.91 Å². The average molecular weight is 463 g/mol. The first kappa shape index (κ1) is 22.8. The fourth-order valence-electron chi connectivity index (χ4n) is 3.63. The minimum absolute atomic E-state index is 0.0113. The van der Waals surface area contributed by atoms with Gasteiger partial charge >= 0.3 is 6.01 Å². The van der Waals surface area contributed by atoms with E-state index in [1.54, 1.807) is 24.0 Å². The van der Waals surface area contributed by atoms with Gasteiger partial charge in [0.15, 0.2) is 11.6 Å². The summed E-state index contributed by atoms with van der Waals surface area (Å²) in [7, 11) is 0. The Balaban J connectivity index is 1.59. The molecule has 1 aliphatic heterocycles. The van der Waals surface area contributed by atoms with Crippen LogP contribution in [0.25, 0.3) is 11.1 Å². The summed E-state index contributed by atoms with van der Waals surface area (Å²) in [5.41, 5.74) is 7.30. The molecule has 2 amide bonds. The van der Waals surface area contributed by atoms with Crippen molar-refractivity contribution in [2.75, 3.05) is 18.8 Å². The van der Waals surface area contributed by atoms with Crippen LogP contribution in [0.15, 0.2) is 49.4 Å². The molecule has 174 valence electrons. The summed E-state index contributed by atoms with van der Waals surface area (Å²) in [5.74, 6) is -1.45. The Hall–Kier alpha value is -4.41. The van der Waals surface area contributed by atoms with E-state index >= 15 is 0 Å². The van der Waals surface area contributed by atoms with Crippen LogP contribution in [0, 0.1) is 12.7 Å². The highest BCUT2D eigenvalue weighted by molar-refractivity contribution is 6.01. The highest BCUT2D eigenvalue weighted by atomic mass is 19.1. The normalized spacial score (nSPS) is 15.1. The average Bonchev–Trinajstić information content (AvgIpc) is 3.28. The molecule has 0 radical (unpaired) electrons. The lowest BCUT2D eigenvalue weighted by Crippen LogP contribution is -2.38. The van der Waals surface area contributed by atoms with E-state index in [2.05, 4.69) is 31.8 Å². The Morgan fingerprint density at radius 2 is 2.12 bits per heavy atom. The van der Waals surface area contributed by atoms with Crippen LogP contribution in [0.2, 0.25) is 0 Å². The van der Waals surface area contributed by atoms with E-state index in [0.717, 1.165) is 0 Å². The predicted molar refractivity (Wildman–Crippen MR) is 121 cm³/mol. The molecule has 34 heavy (non-hydrogen) atoms. The van der Waals surface area contributed by atoms with Crippen molar-refractivity contribution in [3.63, 3.8) is 0 Å². The van der Waals surface area contributed by atoms with Gasteiger partial charge in [-0.25, -0.2) is 24.3 Å². The molecule has 1 saturated heterocycles. The lowest BCUT2D eigenvalue weighted by Gasteiger charge is -2.19. The van der Waals surface area contributed by atoms with Crippen molar-refractivity contribution < 1.29 is 18.7 Å². The number of hydrogen-bond acceptors (Lipinski definition) is 8. The minimum Gasteiger partial charge on any atom is -0.421 e. The molecule has 1 unspecified atom stereocenters. The largest absolute Gasteiger partial charge is 0.421 e. The van der Waals surface area contributed by atoms with Crippen LogP contribution in [0.5, 0.6) is 11.8 Å². The molecule has 10 nitrogen and oxygen atoms in total. The van der Waals surface area contributed by atoms with Crippen LogP contribution in [-0.4, -0.2) is 55.8 Å². The number of halogens is 1. The number of nitrogen functional groups attached to an aromatic ring is 1. The molecule has 3 aromatic rings. The number of hydrogen-bond donors (Lipinski definition) is 2. The van der Waals surface area contributed by atoms with Crippen molar-refractivity contribution >= 4 is 17.6 Å². The Bertz CT molecular complexity index is 1270. The van der Waals surface area contributed by atoms with E-state index in [4.69, 9.17) is 10.5 Å². The van der Waals surface area contributed by atoms with Gasteiger partial charge in [-0.1, -0.05) is 12.6 Å². The first-order valence-corrected chi connectivity index (χ1v) is 10.5. The number of aryl methyl sites for hydroxylation is 1. The summed E-state index contributed by atoms with van der Waals surface area (Å²) >= 11 is 0. The van der Waals surface area contributed by atoms with Crippen molar-refractivity contribution in [3.05, 3.63) is 66.6 Å². The zero-order chi connectivity index (χ0) is 24.2. The molecular formula is C23H22FN7O3. The van der Waals surface area contributed by atoms with Crippen molar-refractivity contribution in [3.8, 4) is 22.9 Å². The number of benzene rings is 1. The molecule has 0 bridgehead atoms. The van der Waals surface area contributed by atoms with E-state index in [9.17, 15) is 14.0 Å². The van der Waals surface area contributed by atoms with Crippen LogP contribution < -0.4 is 15.8 Å². The summed E-state index contributed by atoms with van der Waals surface area (Å²) in [4.78, 5) is 42.5. The van der Waals surface area contributed by atoms with Gasteiger partial charge in [-0.15, -0.1) is 0 Å². The highest BCUT2D eigenvalue weighted by Gasteiger charge is 2.30. The number of ether oxygens (including phenoxy) is 1. The maximum absolute atomic E-state index is 14.9. The molecule has 11 heteroatoms. The van der Waals surface area contributed by atoms with E-state index in [1.807, 2.05) is 0 Å². The fourth-order valence-corrected chi connectivity index (χ4v) is 3.63. The maximum Gasteiger partial charge on any atom is 0.322 e. The molecule has 1 fully saturated rings. The standard InChI is InChI=1S/C23H22FN7O3/c1-3-18(32)30-15-7-9-31(11-15)22(33)20-19(21(25)28-12-27-20)14-4-5-17(16(24)10-14)34-23-26-8-6-13(2)29-23/h3-6,8,10,12,15H,1,7,9,11H2,2H3,(H,30,32)(H2,25,27,28). The second kappa shape index (κ2) is 9.61. The second-order valence-corrected chi connectivity index (χ2v) is 7.66. The molecule has 1 aliphatic rings. The minimum atomic E-state index is -0.697. The van der Waals surface area contributed by atoms with Gasteiger partial charge in [0.1, 0.15) is 17.8 Å². The number of carbonyl (C=O) groups is 2. The molecule has 0 spiro atoms. The van der Waals surface area contributed by atoms with Gasteiger partial charge < -0.3 is 20.7 Å². The van der Waals surface area contributed by atoms with Crippen LogP contribution in [-0.2, 0) is 4.79 Å². The number of carbonyl (C=O) groups excluding carboxylic acids is 2. The summed E-state index contributed by atoms with van der Waals surface area (Å²) in [6.45, 7) is 5.92. The molecular weight excluding hydrogens is 441 g/mol. The highest BCUT2D eigenvalue weighted by Crippen LogP contribution is 2.32. The monoisotopic (exact) mass is 463 g/mol. The van der Waals surface area contributed by atoms with Crippen molar-refractivity contribution in [1.82, 2.24) is 30.2 Å². The van der Waals surface area contributed by atoms with E-state index in [0.29, 0.717) is 30.8 Å². The van der Waals surface area contributed by atoms with Crippen molar-refractivity contribution in [2.45, 2.75) is 19.4 Å². The summed E-state index contributed by atoms with van der Waals surface area (Å²) in [6.07, 6.45) is 4.46. The van der Waals surface area contributed by atoms with Crippen LogP contribution in [0.4, 0.5) is 10.2 Å². The van der Waals surface area contributed by atoms with Crippen molar-refractivity contribution in [2.24, 2.45) is 0 Å². The third kappa shape index (κ3) is 4.82. The zero-order valence-corrected chi connectivity index (χ0v) is 18.4. The molecule has 3 heterocycles. The van der Waals surface area contributed by atoms with Gasteiger partial charge in [0, 0.05) is 31.0 Å². The number of nitrogens with zero attached hydrogens (tertiary/aromatic N) is 5. The van der Waals surface area contributed by atoms with Crippen LogP contribution >= 0.6 is 0 Å². The molecule has 1 aromatic carbocycles. The third-order valence-corrected chi connectivity index (χ3v) is 5.28. The molecule has 1 atom stereocenters. The second-order valence-electron chi connectivity index (χ2n) is 7.66. The number of likely N-dealkylation sites (tertiary alicyclic amines) is 1. The number of anilines is 1.